The molecule has 0 aliphatic carbocycles. The van der Waals surface area contributed by atoms with Crippen LogP contribution < -0.4 is 3.53 Å². The van der Waals surface area contributed by atoms with E-state index in [4.69, 9.17) is 14.2 Å². The van der Waals surface area contributed by atoms with Crippen LogP contribution in [0, 0.1) is 17.8 Å². The Hall–Kier alpha value is 0.0500. The lowest BCUT2D eigenvalue weighted by Gasteiger charge is -2.35. The van der Waals surface area contributed by atoms with Gasteiger partial charge in [-0.1, -0.05) is 45.9 Å². The van der Waals surface area contributed by atoms with Crippen molar-refractivity contribution in [2.45, 2.75) is 97.2 Å². The second kappa shape index (κ2) is 11.6. The SMILES string of the molecule is CC[C@H](OC)[C@@H](C)[C@H]1O[C@]1(C)C[C@H](C)/C=C/C=C(\C)[C@H]1O[C@@H](CNI)CC[C@@H]1C. The Bertz CT molecular complexity index is 562. The van der Waals surface area contributed by atoms with Crippen LogP contribution in [0.3, 0.4) is 0 Å². The van der Waals surface area contributed by atoms with E-state index in [1.807, 2.05) is 7.11 Å². The first-order valence-electron chi connectivity index (χ1n) is 11.3. The van der Waals surface area contributed by atoms with Gasteiger partial charge in [0.05, 0.1) is 30.0 Å². The molecule has 2 heterocycles. The molecule has 1 N–H and O–H groups in total. The van der Waals surface area contributed by atoms with E-state index < -0.39 is 0 Å². The van der Waals surface area contributed by atoms with Crippen LogP contribution in [0.4, 0.5) is 0 Å². The van der Waals surface area contributed by atoms with Crippen molar-refractivity contribution < 1.29 is 14.2 Å². The highest BCUT2D eigenvalue weighted by atomic mass is 127. The van der Waals surface area contributed by atoms with Crippen molar-refractivity contribution >= 4 is 22.9 Å². The van der Waals surface area contributed by atoms with Gasteiger partial charge in [-0.15, -0.1) is 0 Å². The van der Waals surface area contributed by atoms with E-state index in [1.54, 1.807) is 0 Å². The minimum Gasteiger partial charge on any atom is -0.381 e. The third kappa shape index (κ3) is 7.03. The summed E-state index contributed by atoms with van der Waals surface area (Å²) in [6, 6.07) is 0. The molecule has 8 atom stereocenters. The fourth-order valence-electron chi connectivity index (χ4n) is 5.03. The molecule has 0 unspecified atom stereocenters. The molecule has 2 fully saturated rings. The largest absolute Gasteiger partial charge is 0.381 e. The lowest BCUT2D eigenvalue weighted by atomic mass is 9.86. The van der Waals surface area contributed by atoms with Gasteiger partial charge in [0.2, 0.25) is 0 Å². The number of hydrogen-bond donors (Lipinski definition) is 1. The summed E-state index contributed by atoms with van der Waals surface area (Å²) in [5.74, 6) is 1.49. The summed E-state index contributed by atoms with van der Waals surface area (Å²) >= 11 is 2.20. The second-order valence-electron chi connectivity index (χ2n) is 9.44. The maximum absolute atomic E-state index is 6.33. The lowest BCUT2D eigenvalue weighted by Crippen LogP contribution is -2.38. The number of rotatable bonds is 11. The van der Waals surface area contributed by atoms with E-state index in [-0.39, 0.29) is 17.8 Å². The van der Waals surface area contributed by atoms with Crippen LogP contribution in [0.5, 0.6) is 0 Å². The summed E-state index contributed by atoms with van der Waals surface area (Å²) < 4.78 is 21.3. The molecule has 0 saturated carbocycles. The van der Waals surface area contributed by atoms with Crippen molar-refractivity contribution in [3.05, 3.63) is 23.8 Å². The van der Waals surface area contributed by atoms with E-state index >= 15 is 0 Å². The Kier molecular flexibility index (Phi) is 10.1. The number of allylic oxidation sites excluding steroid dienone is 3. The van der Waals surface area contributed by atoms with Gasteiger partial charge in [0.25, 0.3) is 0 Å². The molecule has 0 spiro atoms. The topological polar surface area (TPSA) is 43.0 Å². The predicted molar refractivity (Wildman–Crippen MR) is 129 cm³/mol. The highest BCUT2D eigenvalue weighted by Gasteiger charge is 2.56. The molecule has 4 nitrogen and oxygen atoms in total. The van der Waals surface area contributed by atoms with Gasteiger partial charge < -0.3 is 14.2 Å². The number of halogens is 1. The highest BCUT2D eigenvalue weighted by Crippen LogP contribution is 2.47. The first kappa shape index (κ1) is 25.3. The first-order chi connectivity index (χ1) is 13.8. The quantitative estimate of drug-likeness (QED) is 0.161. The molecule has 0 radical (unpaired) electrons. The van der Waals surface area contributed by atoms with Crippen molar-refractivity contribution in [1.82, 2.24) is 3.53 Å². The number of methoxy groups -OCH3 is 1. The standard InChI is InChI=1S/C24H42INO3/c1-8-21(27-7)19(5)23-24(6,29-23)14-16(2)10-9-11-17(3)22-18(4)12-13-20(28-22)15-26-25/h9-11,16,18-23,26H,8,12-15H2,1-7H3/b10-9+,17-11+/t16-,18+,19-,20-,21+,22-,23-,24-/m1/s1. The van der Waals surface area contributed by atoms with Crippen LogP contribution in [-0.2, 0) is 14.2 Å². The Morgan fingerprint density at radius 3 is 2.69 bits per heavy atom. The first-order valence-corrected chi connectivity index (χ1v) is 12.4. The summed E-state index contributed by atoms with van der Waals surface area (Å²) in [6.45, 7) is 14.4. The average Bonchev–Trinajstić information content (AvgIpc) is 3.34. The molecule has 29 heavy (non-hydrogen) atoms. The summed E-state index contributed by atoms with van der Waals surface area (Å²) in [5.41, 5.74) is 1.31. The Labute approximate surface area is 192 Å². The predicted octanol–water partition coefficient (Wildman–Crippen LogP) is 5.86. The van der Waals surface area contributed by atoms with Crippen LogP contribution >= 0.6 is 22.9 Å². The highest BCUT2D eigenvalue weighted by molar-refractivity contribution is 14.1. The number of epoxide rings is 1. The van der Waals surface area contributed by atoms with E-state index in [2.05, 4.69) is 86.2 Å². The minimum atomic E-state index is -0.0193. The van der Waals surface area contributed by atoms with E-state index in [0.717, 1.165) is 25.8 Å². The molecule has 0 aromatic carbocycles. The summed E-state index contributed by atoms with van der Waals surface area (Å²) in [5, 5.41) is 0. The number of nitrogens with one attached hydrogen (secondary N) is 1. The third-order valence-electron chi connectivity index (χ3n) is 6.79. The Morgan fingerprint density at radius 1 is 1.34 bits per heavy atom. The maximum atomic E-state index is 6.33. The molecule has 2 rings (SSSR count). The van der Waals surface area contributed by atoms with E-state index in [9.17, 15) is 0 Å². The second-order valence-corrected chi connectivity index (χ2v) is 10.2. The van der Waals surface area contributed by atoms with Gasteiger partial charge in [-0.25, -0.2) is 0 Å². The van der Waals surface area contributed by atoms with Crippen molar-refractivity contribution in [3.8, 4) is 0 Å². The average molecular weight is 520 g/mol. The molecule has 2 aliphatic heterocycles. The zero-order valence-electron chi connectivity index (χ0n) is 19.4. The van der Waals surface area contributed by atoms with Crippen LogP contribution in [0.2, 0.25) is 0 Å². The summed E-state index contributed by atoms with van der Waals surface area (Å²) in [6.07, 6.45) is 12.4. The summed E-state index contributed by atoms with van der Waals surface area (Å²) in [7, 11) is 1.81. The van der Waals surface area contributed by atoms with Crippen molar-refractivity contribution in [2.75, 3.05) is 13.7 Å². The smallest absolute Gasteiger partial charge is 0.0929 e. The molecule has 0 bridgehead atoms. The van der Waals surface area contributed by atoms with Gasteiger partial charge in [0, 0.05) is 42.4 Å². The van der Waals surface area contributed by atoms with Crippen LogP contribution in [0.25, 0.3) is 0 Å². The van der Waals surface area contributed by atoms with Crippen molar-refractivity contribution in [2.24, 2.45) is 17.8 Å². The zero-order valence-corrected chi connectivity index (χ0v) is 21.6. The fourth-order valence-corrected chi connectivity index (χ4v) is 5.52. The molecule has 0 amide bonds. The molecule has 2 saturated heterocycles. The Morgan fingerprint density at radius 2 is 2.07 bits per heavy atom. The van der Waals surface area contributed by atoms with Crippen molar-refractivity contribution in [3.63, 3.8) is 0 Å². The maximum Gasteiger partial charge on any atom is 0.0929 e. The van der Waals surface area contributed by atoms with Gasteiger partial charge in [-0.05, 0) is 56.9 Å². The van der Waals surface area contributed by atoms with Gasteiger partial charge in [0.1, 0.15) is 0 Å². The molecule has 0 aromatic heterocycles. The zero-order chi connectivity index (χ0) is 21.6. The summed E-state index contributed by atoms with van der Waals surface area (Å²) in [4.78, 5) is 0. The third-order valence-corrected chi connectivity index (χ3v) is 7.23. The van der Waals surface area contributed by atoms with Gasteiger partial charge in [-0.2, -0.15) is 0 Å². The monoisotopic (exact) mass is 519 g/mol. The molecule has 2 aliphatic rings. The molecular weight excluding hydrogens is 477 g/mol. The molecular formula is C24H42INO3. The number of hydrogen-bond acceptors (Lipinski definition) is 4. The Balaban J connectivity index is 1.86. The molecule has 0 aromatic rings. The van der Waals surface area contributed by atoms with Gasteiger partial charge in [0.15, 0.2) is 0 Å². The normalized spacial score (nSPS) is 36.2. The molecule has 5 heteroatoms. The van der Waals surface area contributed by atoms with Crippen molar-refractivity contribution in [1.29, 1.82) is 0 Å². The lowest BCUT2D eigenvalue weighted by molar-refractivity contribution is -0.0551. The van der Waals surface area contributed by atoms with E-state index in [1.165, 1.54) is 12.0 Å². The van der Waals surface area contributed by atoms with Crippen LogP contribution in [0.15, 0.2) is 23.8 Å². The minimum absolute atomic E-state index is 0.0193. The van der Waals surface area contributed by atoms with E-state index in [0.29, 0.717) is 30.0 Å². The van der Waals surface area contributed by atoms with Crippen LogP contribution in [0.1, 0.15) is 67.2 Å². The van der Waals surface area contributed by atoms with Gasteiger partial charge >= 0.3 is 0 Å². The molecule has 168 valence electrons. The number of ether oxygens (including phenoxy) is 3. The van der Waals surface area contributed by atoms with Crippen LogP contribution in [-0.4, -0.2) is 43.7 Å². The fraction of sp³-hybridized carbons (Fsp3) is 0.833. The van der Waals surface area contributed by atoms with Gasteiger partial charge in [-0.3, -0.25) is 3.53 Å².